The van der Waals surface area contributed by atoms with Crippen molar-refractivity contribution >= 4 is 0 Å². The molecule has 118 valence electrons. The SMILES string of the molecule is CCNC(C)C1CCCCN1Cc1c(C)cc(C)cc1C. The first-order chi connectivity index (χ1) is 10.0. The monoisotopic (exact) mass is 288 g/mol. The Labute approximate surface area is 130 Å². The second-order valence-electron chi connectivity index (χ2n) is 6.76. The molecule has 0 aromatic heterocycles. The predicted octanol–water partition coefficient (Wildman–Crippen LogP) is 3.96. The summed E-state index contributed by atoms with van der Waals surface area (Å²) in [4.78, 5) is 2.71. The number of aryl methyl sites for hydroxylation is 3. The van der Waals surface area contributed by atoms with Crippen molar-refractivity contribution in [2.24, 2.45) is 0 Å². The van der Waals surface area contributed by atoms with Crippen molar-refractivity contribution in [1.29, 1.82) is 0 Å². The van der Waals surface area contributed by atoms with Gasteiger partial charge in [0, 0.05) is 18.6 Å². The van der Waals surface area contributed by atoms with Gasteiger partial charge in [0.1, 0.15) is 0 Å². The molecule has 2 rings (SSSR count). The summed E-state index contributed by atoms with van der Waals surface area (Å²) in [5.74, 6) is 0. The zero-order chi connectivity index (χ0) is 15.4. The maximum atomic E-state index is 3.63. The molecule has 1 aromatic carbocycles. The van der Waals surface area contributed by atoms with Crippen LogP contribution in [0.4, 0.5) is 0 Å². The van der Waals surface area contributed by atoms with Crippen LogP contribution in [0.5, 0.6) is 0 Å². The van der Waals surface area contributed by atoms with E-state index in [1.165, 1.54) is 48.1 Å². The Morgan fingerprint density at radius 1 is 1.19 bits per heavy atom. The molecule has 1 saturated heterocycles. The average molecular weight is 288 g/mol. The summed E-state index contributed by atoms with van der Waals surface area (Å²) < 4.78 is 0. The first-order valence-corrected chi connectivity index (χ1v) is 8.57. The summed E-state index contributed by atoms with van der Waals surface area (Å²) in [6.45, 7) is 14.7. The summed E-state index contributed by atoms with van der Waals surface area (Å²) in [5, 5.41) is 3.63. The minimum atomic E-state index is 0.585. The van der Waals surface area contributed by atoms with E-state index in [1.54, 1.807) is 0 Å². The highest BCUT2D eigenvalue weighted by Gasteiger charge is 2.27. The van der Waals surface area contributed by atoms with Crippen molar-refractivity contribution in [2.75, 3.05) is 13.1 Å². The number of nitrogens with one attached hydrogen (secondary N) is 1. The van der Waals surface area contributed by atoms with Crippen LogP contribution in [0.2, 0.25) is 0 Å². The summed E-state index contributed by atoms with van der Waals surface area (Å²) >= 11 is 0. The molecule has 0 aliphatic carbocycles. The fraction of sp³-hybridized carbons (Fsp3) is 0.684. The summed E-state index contributed by atoms with van der Waals surface area (Å²) in [6, 6.07) is 5.92. The van der Waals surface area contributed by atoms with Crippen molar-refractivity contribution in [3.63, 3.8) is 0 Å². The minimum Gasteiger partial charge on any atom is -0.313 e. The van der Waals surface area contributed by atoms with E-state index in [0.29, 0.717) is 12.1 Å². The Kier molecular flexibility index (Phi) is 5.83. The van der Waals surface area contributed by atoms with Gasteiger partial charge in [-0.3, -0.25) is 4.90 Å². The van der Waals surface area contributed by atoms with Gasteiger partial charge in [0.25, 0.3) is 0 Å². The lowest BCUT2D eigenvalue weighted by molar-refractivity contribution is 0.112. The van der Waals surface area contributed by atoms with E-state index in [4.69, 9.17) is 0 Å². The molecule has 2 atom stereocenters. The zero-order valence-corrected chi connectivity index (χ0v) is 14.5. The topological polar surface area (TPSA) is 15.3 Å². The molecule has 0 saturated carbocycles. The van der Waals surface area contributed by atoms with E-state index in [9.17, 15) is 0 Å². The maximum absolute atomic E-state index is 3.63. The molecule has 1 aliphatic rings. The Morgan fingerprint density at radius 2 is 1.86 bits per heavy atom. The van der Waals surface area contributed by atoms with Gasteiger partial charge < -0.3 is 5.32 Å². The fourth-order valence-corrected chi connectivity index (χ4v) is 3.90. The smallest absolute Gasteiger partial charge is 0.0250 e. The second kappa shape index (κ2) is 7.42. The lowest BCUT2D eigenvalue weighted by atomic mass is 9.93. The highest BCUT2D eigenvalue weighted by molar-refractivity contribution is 5.37. The summed E-state index contributed by atoms with van der Waals surface area (Å²) in [6.07, 6.45) is 4.06. The number of rotatable bonds is 5. The number of nitrogens with zero attached hydrogens (tertiary/aromatic N) is 1. The van der Waals surface area contributed by atoms with E-state index in [0.717, 1.165) is 13.1 Å². The molecule has 1 aromatic rings. The van der Waals surface area contributed by atoms with Gasteiger partial charge in [0.05, 0.1) is 0 Å². The van der Waals surface area contributed by atoms with Crippen LogP contribution in [0.15, 0.2) is 12.1 Å². The number of likely N-dealkylation sites (N-methyl/N-ethyl adjacent to an activating group) is 1. The van der Waals surface area contributed by atoms with E-state index in [-0.39, 0.29) is 0 Å². The molecule has 2 heteroatoms. The quantitative estimate of drug-likeness (QED) is 0.882. The van der Waals surface area contributed by atoms with Crippen LogP contribution < -0.4 is 5.32 Å². The van der Waals surface area contributed by atoms with Crippen LogP contribution in [-0.2, 0) is 6.54 Å². The van der Waals surface area contributed by atoms with Gasteiger partial charge in [-0.05, 0) is 70.3 Å². The predicted molar refractivity (Wildman–Crippen MR) is 91.8 cm³/mol. The Morgan fingerprint density at radius 3 is 2.48 bits per heavy atom. The van der Waals surface area contributed by atoms with Crippen LogP contribution >= 0.6 is 0 Å². The van der Waals surface area contributed by atoms with E-state index < -0.39 is 0 Å². The van der Waals surface area contributed by atoms with Crippen molar-refractivity contribution in [3.8, 4) is 0 Å². The third kappa shape index (κ3) is 4.08. The average Bonchev–Trinajstić information content (AvgIpc) is 2.43. The van der Waals surface area contributed by atoms with Crippen LogP contribution in [0.1, 0.15) is 55.4 Å². The van der Waals surface area contributed by atoms with Crippen molar-refractivity contribution in [1.82, 2.24) is 10.2 Å². The first-order valence-electron chi connectivity index (χ1n) is 8.57. The molecule has 1 fully saturated rings. The maximum Gasteiger partial charge on any atom is 0.0250 e. The van der Waals surface area contributed by atoms with Gasteiger partial charge in [0.15, 0.2) is 0 Å². The third-order valence-electron chi connectivity index (χ3n) is 4.97. The van der Waals surface area contributed by atoms with Gasteiger partial charge in [0.2, 0.25) is 0 Å². The summed E-state index contributed by atoms with van der Waals surface area (Å²) in [5.41, 5.74) is 5.82. The molecule has 0 bridgehead atoms. The standard InChI is InChI=1S/C19H32N2/c1-6-20-17(5)19-9-7-8-10-21(19)13-18-15(3)11-14(2)12-16(18)4/h11-12,17,19-20H,6-10,13H2,1-5H3. The lowest BCUT2D eigenvalue weighted by Gasteiger charge is -2.40. The number of benzene rings is 1. The number of hydrogen-bond donors (Lipinski definition) is 1. The van der Waals surface area contributed by atoms with Gasteiger partial charge in [-0.2, -0.15) is 0 Å². The van der Waals surface area contributed by atoms with Crippen LogP contribution in [0, 0.1) is 20.8 Å². The number of hydrogen-bond acceptors (Lipinski definition) is 2. The fourth-order valence-electron chi connectivity index (χ4n) is 3.90. The molecule has 0 spiro atoms. The van der Waals surface area contributed by atoms with Gasteiger partial charge in [-0.25, -0.2) is 0 Å². The highest BCUT2D eigenvalue weighted by atomic mass is 15.2. The summed E-state index contributed by atoms with van der Waals surface area (Å²) in [7, 11) is 0. The second-order valence-corrected chi connectivity index (χ2v) is 6.76. The normalized spacial score (nSPS) is 21.5. The molecule has 0 radical (unpaired) electrons. The zero-order valence-electron chi connectivity index (χ0n) is 14.5. The minimum absolute atomic E-state index is 0.585. The van der Waals surface area contributed by atoms with Gasteiger partial charge >= 0.3 is 0 Å². The molecule has 2 nitrogen and oxygen atoms in total. The molecule has 2 unspecified atom stereocenters. The van der Waals surface area contributed by atoms with Crippen LogP contribution in [-0.4, -0.2) is 30.1 Å². The molecular formula is C19H32N2. The van der Waals surface area contributed by atoms with Crippen molar-refractivity contribution < 1.29 is 0 Å². The molecular weight excluding hydrogens is 256 g/mol. The number of piperidine rings is 1. The Bertz CT molecular complexity index is 444. The molecule has 0 amide bonds. The number of likely N-dealkylation sites (tertiary alicyclic amines) is 1. The highest BCUT2D eigenvalue weighted by Crippen LogP contribution is 2.25. The largest absolute Gasteiger partial charge is 0.313 e. The molecule has 1 heterocycles. The Balaban J connectivity index is 2.16. The van der Waals surface area contributed by atoms with E-state index in [1.807, 2.05) is 0 Å². The van der Waals surface area contributed by atoms with E-state index >= 15 is 0 Å². The van der Waals surface area contributed by atoms with Gasteiger partial charge in [-0.1, -0.05) is 31.0 Å². The van der Waals surface area contributed by atoms with Crippen LogP contribution in [0.25, 0.3) is 0 Å². The van der Waals surface area contributed by atoms with Crippen molar-refractivity contribution in [3.05, 3.63) is 34.4 Å². The third-order valence-corrected chi connectivity index (χ3v) is 4.97. The molecule has 1 aliphatic heterocycles. The Hall–Kier alpha value is -0.860. The molecule has 21 heavy (non-hydrogen) atoms. The van der Waals surface area contributed by atoms with Crippen molar-refractivity contribution in [2.45, 2.75) is 72.5 Å². The van der Waals surface area contributed by atoms with Crippen LogP contribution in [0.3, 0.4) is 0 Å². The first kappa shape index (κ1) is 16.5. The lowest BCUT2D eigenvalue weighted by Crippen LogP contribution is -2.50. The molecule has 1 N–H and O–H groups in total. The van der Waals surface area contributed by atoms with E-state index in [2.05, 4.69) is 57.0 Å². The van der Waals surface area contributed by atoms with Gasteiger partial charge in [-0.15, -0.1) is 0 Å².